The minimum atomic E-state index is 0.581. The molecule has 1 saturated heterocycles. The van der Waals surface area contributed by atoms with Crippen molar-refractivity contribution >= 4 is 21.6 Å². The van der Waals surface area contributed by atoms with Crippen LogP contribution in [-0.4, -0.2) is 35.1 Å². The van der Waals surface area contributed by atoms with E-state index in [2.05, 4.69) is 55.3 Å². The van der Waals surface area contributed by atoms with E-state index < -0.39 is 0 Å². The first-order valence-corrected chi connectivity index (χ1v) is 8.27. The number of aromatic nitrogens is 1. The van der Waals surface area contributed by atoms with Gasteiger partial charge in [-0.25, -0.2) is 4.98 Å². The molecule has 1 aromatic heterocycles. The Hall–Kier alpha value is -0.970. The van der Waals surface area contributed by atoms with Crippen LogP contribution in [0.1, 0.15) is 25.8 Å². The summed E-state index contributed by atoms with van der Waals surface area (Å²) in [5.74, 6) is 0.681. The van der Waals surface area contributed by atoms with Gasteiger partial charge in [0.05, 0.1) is 16.8 Å². The first-order chi connectivity index (χ1) is 9.63. The van der Waals surface area contributed by atoms with Gasteiger partial charge in [0.2, 0.25) is 0 Å². The molecular weight excluding hydrogens is 266 g/mol. The van der Waals surface area contributed by atoms with Crippen LogP contribution in [0.3, 0.4) is 0 Å². The SMILES string of the molecule is CC(C)C1CN(Cc2nc3ccccc3s2)C(C)CN1. The Morgan fingerprint density at radius 1 is 1.40 bits per heavy atom. The van der Waals surface area contributed by atoms with Gasteiger partial charge in [-0.3, -0.25) is 4.90 Å². The molecule has 0 aliphatic carbocycles. The van der Waals surface area contributed by atoms with Gasteiger partial charge in [-0.15, -0.1) is 11.3 Å². The van der Waals surface area contributed by atoms with Gasteiger partial charge in [-0.05, 0) is 25.0 Å². The van der Waals surface area contributed by atoms with Gasteiger partial charge in [-0.2, -0.15) is 0 Å². The summed E-state index contributed by atoms with van der Waals surface area (Å²) in [4.78, 5) is 7.34. The lowest BCUT2D eigenvalue weighted by molar-refractivity contribution is 0.116. The van der Waals surface area contributed by atoms with E-state index in [1.54, 1.807) is 0 Å². The maximum atomic E-state index is 4.77. The molecule has 108 valence electrons. The maximum absolute atomic E-state index is 4.77. The summed E-state index contributed by atoms with van der Waals surface area (Å²) < 4.78 is 1.30. The van der Waals surface area contributed by atoms with Crippen LogP contribution in [-0.2, 0) is 6.54 Å². The van der Waals surface area contributed by atoms with Gasteiger partial charge in [0, 0.05) is 25.2 Å². The summed E-state index contributed by atoms with van der Waals surface area (Å²) in [6.07, 6.45) is 0. The van der Waals surface area contributed by atoms with Crippen LogP contribution in [0, 0.1) is 5.92 Å². The van der Waals surface area contributed by atoms with Crippen LogP contribution < -0.4 is 5.32 Å². The fraction of sp³-hybridized carbons (Fsp3) is 0.562. The fourth-order valence-electron chi connectivity index (χ4n) is 2.78. The number of thiazole rings is 1. The summed E-state index contributed by atoms with van der Waals surface area (Å²) in [5, 5.41) is 4.89. The molecule has 0 spiro atoms. The van der Waals surface area contributed by atoms with E-state index in [4.69, 9.17) is 4.98 Å². The Morgan fingerprint density at radius 2 is 2.20 bits per heavy atom. The maximum Gasteiger partial charge on any atom is 0.108 e. The van der Waals surface area contributed by atoms with Crippen LogP contribution in [0.15, 0.2) is 24.3 Å². The number of nitrogens with one attached hydrogen (secondary N) is 1. The smallest absolute Gasteiger partial charge is 0.108 e. The minimum absolute atomic E-state index is 0.581. The molecule has 3 rings (SSSR count). The number of nitrogens with zero attached hydrogens (tertiary/aromatic N) is 2. The molecule has 2 atom stereocenters. The molecule has 0 radical (unpaired) electrons. The second-order valence-electron chi connectivity index (χ2n) is 6.11. The molecule has 1 N–H and O–H groups in total. The summed E-state index contributed by atoms with van der Waals surface area (Å²) in [7, 11) is 0. The van der Waals surface area contributed by atoms with E-state index in [1.165, 1.54) is 9.71 Å². The molecule has 0 saturated carbocycles. The van der Waals surface area contributed by atoms with E-state index in [9.17, 15) is 0 Å². The Morgan fingerprint density at radius 3 is 2.95 bits per heavy atom. The standard InChI is InChI=1S/C16H23N3S/c1-11(2)14-9-19(12(3)8-17-14)10-16-18-13-6-4-5-7-15(13)20-16/h4-7,11-12,14,17H,8-10H2,1-3H3. The predicted octanol–water partition coefficient (Wildman–Crippen LogP) is 3.11. The second kappa shape index (κ2) is 5.80. The van der Waals surface area contributed by atoms with Crippen LogP contribution in [0.25, 0.3) is 10.2 Å². The van der Waals surface area contributed by atoms with Crippen LogP contribution >= 0.6 is 11.3 Å². The number of benzene rings is 1. The summed E-state index contributed by atoms with van der Waals surface area (Å²) in [6.45, 7) is 10.1. The van der Waals surface area contributed by atoms with Crippen molar-refractivity contribution in [3.8, 4) is 0 Å². The van der Waals surface area contributed by atoms with Crippen LogP contribution in [0.2, 0.25) is 0 Å². The van der Waals surface area contributed by atoms with Crippen molar-refractivity contribution in [2.24, 2.45) is 5.92 Å². The molecule has 1 aromatic carbocycles. The van der Waals surface area contributed by atoms with E-state index in [0.29, 0.717) is 18.0 Å². The highest BCUT2D eigenvalue weighted by Gasteiger charge is 2.27. The van der Waals surface area contributed by atoms with Gasteiger partial charge >= 0.3 is 0 Å². The van der Waals surface area contributed by atoms with Crippen molar-refractivity contribution in [3.63, 3.8) is 0 Å². The third-order valence-electron chi connectivity index (χ3n) is 4.21. The molecule has 1 aliphatic rings. The number of hydrogen-bond acceptors (Lipinski definition) is 4. The Labute approximate surface area is 125 Å². The quantitative estimate of drug-likeness (QED) is 0.941. The van der Waals surface area contributed by atoms with E-state index >= 15 is 0 Å². The van der Waals surface area contributed by atoms with Crippen molar-refractivity contribution in [2.75, 3.05) is 13.1 Å². The topological polar surface area (TPSA) is 28.2 Å². The molecule has 1 aliphatic heterocycles. The molecule has 1 fully saturated rings. The van der Waals surface area contributed by atoms with Gasteiger partial charge in [0.1, 0.15) is 5.01 Å². The Kier molecular flexibility index (Phi) is 4.06. The lowest BCUT2D eigenvalue weighted by atomic mass is 10.00. The van der Waals surface area contributed by atoms with Gasteiger partial charge in [0.25, 0.3) is 0 Å². The third-order valence-corrected chi connectivity index (χ3v) is 5.23. The van der Waals surface area contributed by atoms with Crippen molar-refractivity contribution in [1.29, 1.82) is 0 Å². The zero-order valence-electron chi connectivity index (χ0n) is 12.5. The van der Waals surface area contributed by atoms with Gasteiger partial charge in [-0.1, -0.05) is 26.0 Å². The van der Waals surface area contributed by atoms with E-state index in [-0.39, 0.29) is 0 Å². The number of hydrogen-bond donors (Lipinski definition) is 1. The zero-order chi connectivity index (χ0) is 14.1. The molecule has 3 nitrogen and oxygen atoms in total. The van der Waals surface area contributed by atoms with Crippen LogP contribution in [0.5, 0.6) is 0 Å². The lowest BCUT2D eigenvalue weighted by Gasteiger charge is -2.40. The molecule has 0 bridgehead atoms. The average Bonchev–Trinajstić information content (AvgIpc) is 2.83. The van der Waals surface area contributed by atoms with Crippen LogP contribution in [0.4, 0.5) is 0 Å². The molecule has 2 aromatic rings. The minimum Gasteiger partial charge on any atom is -0.311 e. The first kappa shape index (κ1) is 14.0. The van der Waals surface area contributed by atoms with Crippen molar-refractivity contribution in [1.82, 2.24) is 15.2 Å². The number of rotatable bonds is 3. The molecule has 4 heteroatoms. The van der Waals surface area contributed by atoms with Crippen molar-refractivity contribution < 1.29 is 0 Å². The largest absolute Gasteiger partial charge is 0.311 e. The second-order valence-corrected chi connectivity index (χ2v) is 7.23. The van der Waals surface area contributed by atoms with Gasteiger partial charge in [0.15, 0.2) is 0 Å². The molecule has 2 heterocycles. The number of piperazine rings is 1. The molecule has 20 heavy (non-hydrogen) atoms. The first-order valence-electron chi connectivity index (χ1n) is 7.45. The Bertz CT molecular complexity index is 545. The lowest BCUT2D eigenvalue weighted by Crippen LogP contribution is -2.56. The summed E-state index contributed by atoms with van der Waals surface area (Å²) in [6, 6.07) is 9.60. The normalized spacial score (nSPS) is 24.6. The monoisotopic (exact) mass is 289 g/mol. The predicted molar refractivity (Wildman–Crippen MR) is 86.1 cm³/mol. The van der Waals surface area contributed by atoms with E-state index in [1.807, 2.05) is 11.3 Å². The molecule has 2 unspecified atom stereocenters. The fourth-order valence-corrected chi connectivity index (χ4v) is 3.77. The molecule has 0 amide bonds. The van der Waals surface area contributed by atoms with Crippen molar-refractivity contribution in [2.45, 2.75) is 39.4 Å². The zero-order valence-corrected chi connectivity index (χ0v) is 13.3. The average molecular weight is 289 g/mol. The highest BCUT2D eigenvalue weighted by Crippen LogP contribution is 2.24. The third kappa shape index (κ3) is 2.87. The summed E-state index contributed by atoms with van der Waals surface area (Å²) in [5.41, 5.74) is 1.13. The highest BCUT2D eigenvalue weighted by molar-refractivity contribution is 7.18. The van der Waals surface area contributed by atoms with E-state index in [0.717, 1.165) is 25.2 Å². The highest BCUT2D eigenvalue weighted by atomic mass is 32.1. The van der Waals surface area contributed by atoms with Crippen molar-refractivity contribution in [3.05, 3.63) is 29.3 Å². The molecular formula is C16H23N3S. The Balaban J connectivity index is 1.75. The number of para-hydroxylation sites is 1. The summed E-state index contributed by atoms with van der Waals surface area (Å²) >= 11 is 1.83. The number of fused-ring (bicyclic) bond motifs is 1. The van der Waals surface area contributed by atoms with Gasteiger partial charge < -0.3 is 5.32 Å².